The number of carbonyl (C=O) groups excluding carboxylic acids is 2. The Kier molecular flexibility index (Phi) is 4.09. The minimum atomic E-state index is 0.0890. The predicted octanol–water partition coefficient (Wildman–Crippen LogP) is 3.63. The Balaban J connectivity index is 1.76. The Hall–Kier alpha value is -2.36. The van der Waals surface area contributed by atoms with E-state index in [1.165, 1.54) is 6.42 Å². The lowest BCUT2D eigenvalue weighted by atomic mass is 9.99. The number of amides is 1. The molecule has 2 heterocycles. The average molecular weight is 297 g/mol. The van der Waals surface area contributed by atoms with Crippen molar-refractivity contribution >= 4 is 12.2 Å². The molecular weight excluding hydrogens is 278 g/mol. The van der Waals surface area contributed by atoms with Crippen LogP contribution >= 0.6 is 0 Å². The topological polar surface area (TPSA) is 50.5 Å². The van der Waals surface area contributed by atoms with Gasteiger partial charge in [0.15, 0.2) is 12.0 Å². The van der Waals surface area contributed by atoms with Gasteiger partial charge in [-0.15, -0.1) is 0 Å². The lowest BCUT2D eigenvalue weighted by molar-refractivity contribution is 0.0683. The SMILES string of the molecule is CC1CCCN(C(=O)c2ccc(-c3ccc(C=O)o3)cc2)C1. The molecule has 4 heteroatoms. The van der Waals surface area contributed by atoms with Crippen molar-refractivity contribution in [3.63, 3.8) is 0 Å². The molecule has 1 aliphatic rings. The molecule has 1 atom stereocenters. The number of hydrogen-bond acceptors (Lipinski definition) is 3. The fourth-order valence-electron chi connectivity index (χ4n) is 2.90. The first-order valence-electron chi connectivity index (χ1n) is 7.62. The van der Waals surface area contributed by atoms with Gasteiger partial charge in [0.1, 0.15) is 5.76 Å². The molecule has 1 aromatic carbocycles. The minimum absolute atomic E-state index is 0.0890. The van der Waals surface area contributed by atoms with Crippen molar-refractivity contribution in [2.45, 2.75) is 19.8 Å². The Morgan fingerprint density at radius 3 is 2.64 bits per heavy atom. The first-order valence-corrected chi connectivity index (χ1v) is 7.62. The molecule has 2 aromatic rings. The number of carbonyl (C=O) groups is 2. The maximum Gasteiger partial charge on any atom is 0.253 e. The molecule has 0 bridgehead atoms. The molecule has 0 aliphatic carbocycles. The molecular formula is C18H19NO3. The van der Waals surface area contributed by atoms with E-state index in [4.69, 9.17) is 4.42 Å². The van der Waals surface area contributed by atoms with E-state index in [0.29, 0.717) is 29.3 Å². The van der Waals surface area contributed by atoms with Crippen LogP contribution in [0.2, 0.25) is 0 Å². The number of rotatable bonds is 3. The second-order valence-electron chi connectivity index (χ2n) is 5.90. The molecule has 1 aromatic heterocycles. The summed E-state index contributed by atoms with van der Waals surface area (Å²) in [6.07, 6.45) is 2.95. The lowest BCUT2D eigenvalue weighted by Gasteiger charge is -2.31. The van der Waals surface area contributed by atoms with Gasteiger partial charge in [0.25, 0.3) is 5.91 Å². The third kappa shape index (κ3) is 2.96. The van der Waals surface area contributed by atoms with Gasteiger partial charge in [-0.3, -0.25) is 9.59 Å². The zero-order valence-electron chi connectivity index (χ0n) is 12.6. The first kappa shape index (κ1) is 14.6. The second-order valence-corrected chi connectivity index (χ2v) is 5.90. The number of hydrogen-bond donors (Lipinski definition) is 0. The molecule has 3 rings (SSSR count). The van der Waals surface area contributed by atoms with Crippen molar-refractivity contribution in [3.05, 3.63) is 47.7 Å². The highest BCUT2D eigenvalue weighted by Gasteiger charge is 2.21. The Labute approximate surface area is 129 Å². The van der Waals surface area contributed by atoms with Crippen molar-refractivity contribution in [1.82, 2.24) is 4.90 Å². The molecule has 1 aliphatic heterocycles. The first-order chi connectivity index (χ1) is 10.7. The lowest BCUT2D eigenvalue weighted by Crippen LogP contribution is -2.39. The summed E-state index contributed by atoms with van der Waals surface area (Å²) in [7, 11) is 0. The molecule has 0 spiro atoms. The summed E-state index contributed by atoms with van der Waals surface area (Å²) in [5.74, 6) is 1.60. The van der Waals surface area contributed by atoms with Gasteiger partial charge in [-0.2, -0.15) is 0 Å². The van der Waals surface area contributed by atoms with E-state index < -0.39 is 0 Å². The van der Waals surface area contributed by atoms with Crippen molar-refractivity contribution in [3.8, 4) is 11.3 Å². The quantitative estimate of drug-likeness (QED) is 0.813. The summed E-state index contributed by atoms with van der Waals surface area (Å²) < 4.78 is 5.39. The van der Waals surface area contributed by atoms with Gasteiger partial charge in [-0.1, -0.05) is 19.1 Å². The monoisotopic (exact) mass is 297 g/mol. The highest BCUT2D eigenvalue weighted by Crippen LogP contribution is 2.23. The van der Waals surface area contributed by atoms with Gasteiger partial charge in [-0.05, 0) is 43.0 Å². The van der Waals surface area contributed by atoms with Crippen LogP contribution in [-0.2, 0) is 0 Å². The van der Waals surface area contributed by atoms with Crippen molar-refractivity contribution in [1.29, 1.82) is 0 Å². The van der Waals surface area contributed by atoms with E-state index in [-0.39, 0.29) is 5.91 Å². The molecule has 1 fully saturated rings. The molecule has 0 radical (unpaired) electrons. The Morgan fingerprint density at radius 1 is 1.23 bits per heavy atom. The van der Waals surface area contributed by atoms with Crippen LogP contribution in [-0.4, -0.2) is 30.2 Å². The third-order valence-corrected chi connectivity index (χ3v) is 4.10. The summed E-state index contributed by atoms with van der Waals surface area (Å²) in [4.78, 5) is 25.1. The van der Waals surface area contributed by atoms with Crippen molar-refractivity contribution < 1.29 is 14.0 Å². The molecule has 1 unspecified atom stereocenters. The molecule has 0 saturated carbocycles. The van der Waals surface area contributed by atoms with Crippen molar-refractivity contribution in [2.75, 3.05) is 13.1 Å². The number of benzene rings is 1. The van der Waals surface area contributed by atoms with Crippen LogP contribution in [0.15, 0.2) is 40.8 Å². The fraction of sp³-hybridized carbons (Fsp3) is 0.333. The van der Waals surface area contributed by atoms with Crippen LogP contribution in [0, 0.1) is 5.92 Å². The standard InChI is InChI=1S/C18H19NO3/c1-13-3-2-10-19(11-13)18(21)15-6-4-14(5-7-15)17-9-8-16(12-20)22-17/h4-9,12-13H,2-3,10-11H2,1H3. The zero-order valence-corrected chi connectivity index (χ0v) is 12.6. The van der Waals surface area contributed by atoms with Gasteiger partial charge in [0.05, 0.1) is 0 Å². The van der Waals surface area contributed by atoms with Crippen LogP contribution < -0.4 is 0 Å². The summed E-state index contributed by atoms with van der Waals surface area (Å²) in [5.41, 5.74) is 1.55. The van der Waals surface area contributed by atoms with Crippen LogP contribution in [0.1, 0.15) is 40.7 Å². The van der Waals surface area contributed by atoms with E-state index in [0.717, 1.165) is 25.1 Å². The summed E-state index contributed by atoms with van der Waals surface area (Å²) in [6.45, 7) is 3.86. The van der Waals surface area contributed by atoms with Crippen LogP contribution in [0.3, 0.4) is 0 Å². The van der Waals surface area contributed by atoms with Crippen molar-refractivity contribution in [2.24, 2.45) is 5.92 Å². The second kappa shape index (κ2) is 6.18. The van der Waals surface area contributed by atoms with Gasteiger partial charge in [0, 0.05) is 24.2 Å². The van der Waals surface area contributed by atoms with Crippen LogP contribution in [0.5, 0.6) is 0 Å². The average Bonchev–Trinajstić information content (AvgIpc) is 3.03. The molecule has 1 saturated heterocycles. The van der Waals surface area contributed by atoms with E-state index >= 15 is 0 Å². The van der Waals surface area contributed by atoms with Crippen LogP contribution in [0.25, 0.3) is 11.3 Å². The molecule has 4 nitrogen and oxygen atoms in total. The molecule has 114 valence electrons. The molecule has 22 heavy (non-hydrogen) atoms. The summed E-state index contributed by atoms with van der Waals surface area (Å²) >= 11 is 0. The summed E-state index contributed by atoms with van der Waals surface area (Å²) in [6, 6.07) is 10.7. The molecule has 0 N–H and O–H groups in total. The van der Waals surface area contributed by atoms with Gasteiger partial charge in [0.2, 0.25) is 0 Å². The molecule has 1 amide bonds. The number of furan rings is 1. The summed E-state index contributed by atoms with van der Waals surface area (Å²) in [5, 5.41) is 0. The predicted molar refractivity (Wildman–Crippen MR) is 83.8 cm³/mol. The smallest absolute Gasteiger partial charge is 0.253 e. The van der Waals surface area contributed by atoms with Gasteiger partial charge < -0.3 is 9.32 Å². The van der Waals surface area contributed by atoms with Gasteiger partial charge in [-0.25, -0.2) is 0 Å². The van der Waals surface area contributed by atoms with E-state index in [1.807, 2.05) is 29.2 Å². The van der Waals surface area contributed by atoms with Crippen LogP contribution in [0.4, 0.5) is 0 Å². The number of aldehydes is 1. The van der Waals surface area contributed by atoms with E-state index in [1.54, 1.807) is 12.1 Å². The number of piperidine rings is 1. The maximum absolute atomic E-state index is 12.5. The Morgan fingerprint density at radius 2 is 2.00 bits per heavy atom. The number of nitrogens with zero attached hydrogens (tertiary/aromatic N) is 1. The Bertz CT molecular complexity index is 672. The van der Waals surface area contributed by atoms with E-state index in [2.05, 4.69) is 6.92 Å². The fourth-order valence-corrected chi connectivity index (χ4v) is 2.90. The third-order valence-electron chi connectivity index (χ3n) is 4.10. The van der Waals surface area contributed by atoms with E-state index in [9.17, 15) is 9.59 Å². The largest absolute Gasteiger partial charge is 0.453 e. The maximum atomic E-state index is 12.5. The minimum Gasteiger partial charge on any atom is -0.453 e. The highest BCUT2D eigenvalue weighted by atomic mass is 16.3. The highest BCUT2D eigenvalue weighted by molar-refractivity contribution is 5.94. The number of likely N-dealkylation sites (tertiary alicyclic amines) is 1. The normalized spacial score (nSPS) is 18.2. The zero-order chi connectivity index (χ0) is 15.5. The van der Waals surface area contributed by atoms with Gasteiger partial charge >= 0.3 is 0 Å².